The Bertz CT molecular complexity index is 844. The lowest BCUT2D eigenvalue weighted by molar-refractivity contribution is -0.137. The van der Waals surface area contributed by atoms with Crippen LogP contribution >= 0.6 is 11.6 Å². The number of pyridine rings is 1. The number of hydrogen-bond donors (Lipinski definition) is 2. The van der Waals surface area contributed by atoms with Gasteiger partial charge in [-0.3, -0.25) is 0 Å². The van der Waals surface area contributed by atoms with Gasteiger partial charge in [0.1, 0.15) is 11.6 Å². The molecule has 3 N–H and O–H groups in total. The van der Waals surface area contributed by atoms with Crippen LogP contribution in [0.3, 0.4) is 0 Å². The van der Waals surface area contributed by atoms with Gasteiger partial charge in [0.15, 0.2) is 0 Å². The molecule has 2 aromatic rings. The Balaban J connectivity index is 1.44. The number of alkyl halides is 3. The summed E-state index contributed by atoms with van der Waals surface area (Å²) in [5.41, 5.74) is 7.02. The topological polar surface area (TPSA) is 69.4 Å². The zero-order chi connectivity index (χ0) is 21.7. The highest BCUT2D eigenvalue weighted by Gasteiger charge is 2.31. The van der Waals surface area contributed by atoms with E-state index in [1.807, 2.05) is 19.1 Å². The van der Waals surface area contributed by atoms with Crippen molar-refractivity contribution < 1.29 is 22.6 Å². The van der Waals surface area contributed by atoms with Crippen molar-refractivity contribution in [3.8, 4) is 5.75 Å². The maximum Gasteiger partial charge on any atom is 0.416 e. The Labute approximate surface area is 178 Å². The number of rotatable bonds is 8. The molecule has 2 atom stereocenters. The van der Waals surface area contributed by atoms with Gasteiger partial charge < -0.3 is 20.5 Å². The average molecular weight is 444 g/mol. The molecule has 1 aliphatic heterocycles. The first-order valence-corrected chi connectivity index (χ1v) is 10.1. The van der Waals surface area contributed by atoms with Gasteiger partial charge in [-0.1, -0.05) is 11.6 Å². The maximum absolute atomic E-state index is 12.8. The van der Waals surface area contributed by atoms with Gasteiger partial charge >= 0.3 is 6.18 Å². The minimum Gasteiger partial charge on any atom is -0.493 e. The number of nitrogens with two attached hydrogens (primary N) is 1. The van der Waals surface area contributed by atoms with Crippen LogP contribution in [0.15, 0.2) is 30.3 Å². The van der Waals surface area contributed by atoms with E-state index in [1.165, 1.54) is 6.07 Å². The summed E-state index contributed by atoms with van der Waals surface area (Å²) in [7, 11) is 0. The van der Waals surface area contributed by atoms with E-state index in [-0.39, 0.29) is 29.4 Å². The van der Waals surface area contributed by atoms with Crippen LogP contribution in [0.25, 0.3) is 0 Å². The lowest BCUT2D eigenvalue weighted by Gasteiger charge is -2.19. The van der Waals surface area contributed by atoms with Gasteiger partial charge in [-0.2, -0.15) is 13.2 Å². The molecule has 0 unspecified atom stereocenters. The molecule has 9 heteroatoms. The fourth-order valence-electron chi connectivity index (χ4n) is 3.54. The molecule has 0 spiro atoms. The van der Waals surface area contributed by atoms with Crippen molar-refractivity contribution in [3.05, 3.63) is 52.2 Å². The number of aryl methyl sites for hydroxylation is 1. The maximum atomic E-state index is 12.8. The number of nitrogen functional groups attached to an aromatic ring is 1. The summed E-state index contributed by atoms with van der Waals surface area (Å²) >= 11 is 5.76. The number of nitrogens with one attached hydrogen (secondary N) is 1. The Kier molecular flexibility index (Phi) is 7.44. The molecule has 0 radical (unpaired) electrons. The number of aromatic nitrogens is 1. The first-order chi connectivity index (χ1) is 14.2. The van der Waals surface area contributed by atoms with Crippen molar-refractivity contribution in [2.75, 3.05) is 32.0 Å². The van der Waals surface area contributed by atoms with E-state index in [1.54, 1.807) is 0 Å². The second kappa shape index (κ2) is 9.85. The third-order valence-electron chi connectivity index (χ3n) is 4.88. The number of ether oxygens (including phenoxy) is 2. The molecule has 2 heterocycles. The fourth-order valence-corrected chi connectivity index (χ4v) is 3.77. The molecular formula is C21H25ClF3N3O2. The van der Waals surface area contributed by atoms with Gasteiger partial charge in [0, 0.05) is 36.1 Å². The molecule has 164 valence electrons. The highest BCUT2D eigenvalue weighted by atomic mass is 35.5. The normalized spacial score (nSPS) is 19.2. The number of nitrogens with zero attached hydrogens (tertiary/aromatic N) is 1. The van der Waals surface area contributed by atoms with Crippen molar-refractivity contribution in [3.63, 3.8) is 0 Å². The molecular weight excluding hydrogens is 419 g/mol. The largest absolute Gasteiger partial charge is 0.493 e. The summed E-state index contributed by atoms with van der Waals surface area (Å²) in [6.45, 7) is 4.24. The van der Waals surface area contributed by atoms with Crippen LogP contribution in [0.5, 0.6) is 5.75 Å². The third kappa shape index (κ3) is 6.48. The lowest BCUT2D eigenvalue weighted by Crippen LogP contribution is -2.25. The van der Waals surface area contributed by atoms with Crippen LogP contribution in [0.2, 0.25) is 5.02 Å². The number of halogens is 4. The second-order valence-corrected chi connectivity index (χ2v) is 7.90. The average Bonchev–Trinajstić information content (AvgIpc) is 3.06. The van der Waals surface area contributed by atoms with E-state index >= 15 is 0 Å². The molecule has 3 rings (SSSR count). The van der Waals surface area contributed by atoms with Crippen molar-refractivity contribution in [2.45, 2.75) is 32.0 Å². The smallest absolute Gasteiger partial charge is 0.416 e. The molecule has 5 nitrogen and oxygen atoms in total. The minimum absolute atomic E-state index is 0.0126. The highest BCUT2D eigenvalue weighted by molar-refractivity contribution is 6.30. The highest BCUT2D eigenvalue weighted by Crippen LogP contribution is 2.34. The van der Waals surface area contributed by atoms with E-state index in [4.69, 9.17) is 26.8 Å². The van der Waals surface area contributed by atoms with Gasteiger partial charge in [-0.05, 0) is 49.2 Å². The van der Waals surface area contributed by atoms with Crippen molar-refractivity contribution in [2.24, 2.45) is 5.92 Å². The van der Waals surface area contributed by atoms with Crippen LogP contribution in [0.4, 0.5) is 19.0 Å². The molecule has 0 amide bonds. The molecule has 30 heavy (non-hydrogen) atoms. The minimum atomic E-state index is -4.46. The first-order valence-electron chi connectivity index (χ1n) is 9.76. The standard InChI is InChI=1S/C21H25ClF3N3O2/c1-13-5-17(28-20(26)6-13)7-14-11-27-12-19(14)30-4-2-3-29-18-9-15(21(23,24)25)8-16(22)10-18/h5-6,8-10,14,19,27H,2-4,7,11-12H2,1H3,(H2,26,28)/t14-,19+/m1/s1. The van der Waals surface area contributed by atoms with Crippen molar-refractivity contribution in [1.82, 2.24) is 10.3 Å². The second-order valence-electron chi connectivity index (χ2n) is 7.47. The van der Waals surface area contributed by atoms with Crippen LogP contribution < -0.4 is 15.8 Å². The quantitative estimate of drug-likeness (QED) is 0.596. The summed E-state index contributed by atoms with van der Waals surface area (Å²) < 4.78 is 50.0. The number of anilines is 1. The van der Waals surface area contributed by atoms with Gasteiger partial charge in [0.25, 0.3) is 0 Å². The summed E-state index contributed by atoms with van der Waals surface area (Å²) in [5, 5.41) is 3.32. The zero-order valence-corrected chi connectivity index (χ0v) is 17.4. The Hall–Kier alpha value is -2.03. The van der Waals surface area contributed by atoms with E-state index in [0.29, 0.717) is 18.8 Å². The predicted molar refractivity (Wildman–Crippen MR) is 110 cm³/mol. The van der Waals surface area contributed by atoms with Crippen molar-refractivity contribution in [1.29, 1.82) is 0 Å². The molecule has 1 aromatic heterocycles. The van der Waals surface area contributed by atoms with E-state index in [9.17, 15) is 13.2 Å². The molecule has 0 aliphatic carbocycles. The third-order valence-corrected chi connectivity index (χ3v) is 5.10. The lowest BCUT2D eigenvalue weighted by atomic mass is 9.99. The summed E-state index contributed by atoms with van der Waals surface area (Å²) in [6, 6.07) is 7.06. The fraction of sp³-hybridized carbons (Fsp3) is 0.476. The van der Waals surface area contributed by atoms with Crippen LogP contribution in [0, 0.1) is 12.8 Å². The SMILES string of the molecule is Cc1cc(N)nc(C[C@@H]2CNC[C@@H]2OCCCOc2cc(Cl)cc(C(F)(F)F)c2)c1. The Morgan fingerprint density at radius 1 is 1.17 bits per heavy atom. The first kappa shape index (κ1) is 22.7. The molecule has 1 aromatic carbocycles. The summed E-state index contributed by atoms with van der Waals surface area (Å²) in [5.74, 6) is 0.889. The molecule has 0 bridgehead atoms. The summed E-state index contributed by atoms with van der Waals surface area (Å²) in [4.78, 5) is 4.39. The van der Waals surface area contributed by atoms with Gasteiger partial charge in [0.2, 0.25) is 0 Å². The van der Waals surface area contributed by atoms with E-state index < -0.39 is 11.7 Å². The van der Waals surface area contributed by atoms with E-state index in [0.717, 1.165) is 42.9 Å². The van der Waals surface area contributed by atoms with Crippen LogP contribution in [0.1, 0.15) is 23.2 Å². The van der Waals surface area contributed by atoms with Crippen LogP contribution in [-0.2, 0) is 17.3 Å². The molecule has 1 aliphatic rings. The van der Waals surface area contributed by atoms with Gasteiger partial charge in [-0.25, -0.2) is 4.98 Å². The zero-order valence-electron chi connectivity index (χ0n) is 16.6. The monoisotopic (exact) mass is 443 g/mol. The predicted octanol–water partition coefficient (Wildman–Crippen LogP) is 4.26. The summed E-state index contributed by atoms with van der Waals surface area (Å²) in [6.07, 6.45) is -3.11. The molecule has 1 fully saturated rings. The number of hydrogen-bond acceptors (Lipinski definition) is 5. The van der Waals surface area contributed by atoms with E-state index in [2.05, 4.69) is 10.3 Å². The number of benzene rings is 1. The molecule has 1 saturated heterocycles. The Morgan fingerprint density at radius 2 is 1.97 bits per heavy atom. The van der Waals surface area contributed by atoms with Gasteiger partial charge in [0.05, 0.1) is 24.9 Å². The van der Waals surface area contributed by atoms with Crippen molar-refractivity contribution >= 4 is 17.4 Å². The van der Waals surface area contributed by atoms with Crippen LogP contribution in [-0.4, -0.2) is 37.4 Å². The molecule has 0 saturated carbocycles. The van der Waals surface area contributed by atoms with Gasteiger partial charge in [-0.15, -0.1) is 0 Å². The Morgan fingerprint density at radius 3 is 2.70 bits per heavy atom.